The van der Waals surface area contributed by atoms with Crippen LogP contribution in [0, 0.1) is 11.8 Å². The number of hydrogen-bond donors (Lipinski definition) is 0. The minimum atomic E-state index is -3.59. The number of sulfonamides is 1. The summed E-state index contributed by atoms with van der Waals surface area (Å²) < 4.78 is 27.6. The van der Waals surface area contributed by atoms with E-state index in [-0.39, 0.29) is 55.6 Å². The number of rotatable bonds is 5. The fraction of sp³-hybridized carbons (Fsp3) is 0.542. The molecule has 1 aromatic carbocycles. The summed E-state index contributed by atoms with van der Waals surface area (Å²) in [7, 11) is -3.59. The first-order valence-electron chi connectivity index (χ1n) is 11.8. The van der Waals surface area contributed by atoms with Crippen molar-refractivity contribution in [2.75, 3.05) is 32.7 Å². The molecule has 2 fully saturated rings. The average molecular weight is 472 g/mol. The van der Waals surface area contributed by atoms with Crippen LogP contribution < -0.4 is 0 Å². The number of amides is 3. The lowest BCUT2D eigenvalue weighted by Gasteiger charge is -2.34. The van der Waals surface area contributed by atoms with Gasteiger partial charge in [-0.05, 0) is 55.4 Å². The molecule has 3 amide bonds. The summed E-state index contributed by atoms with van der Waals surface area (Å²) in [6, 6.07) is 5.41. The number of likely N-dealkylation sites (tertiary alicyclic amines) is 1. The molecule has 2 aliphatic heterocycles. The molecule has 9 heteroatoms. The third-order valence-electron chi connectivity index (χ3n) is 7.45. The molecule has 0 aromatic heterocycles. The van der Waals surface area contributed by atoms with Gasteiger partial charge < -0.3 is 4.90 Å². The van der Waals surface area contributed by atoms with Crippen molar-refractivity contribution in [1.82, 2.24) is 14.1 Å². The summed E-state index contributed by atoms with van der Waals surface area (Å²) in [5.74, 6) is -1.07. The molecule has 2 heterocycles. The molecule has 0 radical (unpaired) electrons. The van der Waals surface area contributed by atoms with Crippen LogP contribution in [0.15, 0.2) is 35.2 Å². The summed E-state index contributed by atoms with van der Waals surface area (Å²) in [6.45, 7) is 1.18. The van der Waals surface area contributed by atoms with Crippen LogP contribution in [0.1, 0.15) is 36.8 Å². The van der Waals surface area contributed by atoms with Crippen LogP contribution in [0.25, 0.3) is 0 Å². The van der Waals surface area contributed by atoms with Gasteiger partial charge in [-0.25, -0.2) is 8.42 Å². The first-order valence-corrected chi connectivity index (χ1v) is 13.2. The third-order valence-corrected chi connectivity index (χ3v) is 9.34. The number of benzene rings is 1. The second-order valence-corrected chi connectivity index (χ2v) is 11.2. The molecule has 4 aliphatic rings. The zero-order chi connectivity index (χ0) is 23.2. The Labute approximate surface area is 194 Å². The van der Waals surface area contributed by atoms with Crippen molar-refractivity contribution in [1.29, 1.82) is 0 Å². The summed E-state index contributed by atoms with van der Waals surface area (Å²) in [5, 5.41) is 0. The van der Waals surface area contributed by atoms with Crippen molar-refractivity contribution in [3.63, 3.8) is 0 Å². The van der Waals surface area contributed by atoms with Crippen LogP contribution in [0.5, 0.6) is 0 Å². The zero-order valence-corrected chi connectivity index (χ0v) is 19.4. The Morgan fingerprint density at radius 2 is 1.55 bits per heavy atom. The molecule has 2 atom stereocenters. The van der Waals surface area contributed by atoms with Gasteiger partial charge in [0.15, 0.2) is 0 Å². The normalized spacial score (nSPS) is 25.5. The topological polar surface area (TPSA) is 95.1 Å². The van der Waals surface area contributed by atoms with Gasteiger partial charge in [-0.15, -0.1) is 0 Å². The first kappa shape index (κ1) is 22.3. The largest absolute Gasteiger partial charge is 0.340 e. The van der Waals surface area contributed by atoms with Crippen molar-refractivity contribution in [3.8, 4) is 0 Å². The SMILES string of the molecule is O=C(CCN1C(=O)[C@H]2CC=CC[C@@H]2C1=O)N1CCN(S(=O)(=O)c2ccc3c(c2)CCC3)CC1. The van der Waals surface area contributed by atoms with Gasteiger partial charge in [0.2, 0.25) is 27.7 Å². The van der Waals surface area contributed by atoms with Crippen LogP contribution in [0.3, 0.4) is 0 Å². The molecule has 2 saturated heterocycles. The molecular weight excluding hydrogens is 442 g/mol. The molecule has 5 rings (SSSR count). The van der Waals surface area contributed by atoms with Crippen LogP contribution in [0.2, 0.25) is 0 Å². The summed E-state index contributed by atoms with van der Waals surface area (Å²) in [6.07, 6.45) is 8.11. The smallest absolute Gasteiger partial charge is 0.243 e. The van der Waals surface area contributed by atoms with E-state index in [1.807, 2.05) is 18.2 Å². The number of hydrogen-bond acceptors (Lipinski definition) is 5. The predicted molar refractivity (Wildman–Crippen MR) is 120 cm³/mol. The number of nitrogens with zero attached hydrogens (tertiary/aromatic N) is 3. The maximum atomic E-state index is 13.1. The molecule has 176 valence electrons. The van der Waals surface area contributed by atoms with Gasteiger partial charge in [-0.2, -0.15) is 4.31 Å². The van der Waals surface area contributed by atoms with Gasteiger partial charge in [-0.1, -0.05) is 18.2 Å². The highest BCUT2D eigenvalue weighted by Crippen LogP contribution is 2.35. The highest BCUT2D eigenvalue weighted by molar-refractivity contribution is 7.89. The van der Waals surface area contributed by atoms with Crippen molar-refractivity contribution < 1.29 is 22.8 Å². The van der Waals surface area contributed by atoms with E-state index >= 15 is 0 Å². The molecule has 8 nitrogen and oxygen atoms in total. The summed E-state index contributed by atoms with van der Waals surface area (Å²) >= 11 is 0. The van der Waals surface area contributed by atoms with E-state index in [2.05, 4.69) is 0 Å². The molecular formula is C24H29N3O5S. The highest BCUT2D eigenvalue weighted by atomic mass is 32.2. The summed E-state index contributed by atoms with van der Waals surface area (Å²) in [4.78, 5) is 41.1. The Morgan fingerprint density at radius 1 is 0.909 bits per heavy atom. The maximum absolute atomic E-state index is 13.1. The Kier molecular flexibility index (Phi) is 5.86. The predicted octanol–water partition coefficient (Wildman–Crippen LogP) is 1.35. The van der Waals surface area contributed by atoms with Crippen LogP contribution in [-0.4, -0.2) is 73.0 Å². The standard InChI is InChI=1S/C24H29N3O5S/c28-22(10-11-27-23(29)20-6-1-2-7-21(20)24(27)30)25-12-14-26(15-13-25)33(31,32)19-9-8-17-4-3-5-18(17)16-19/h1-2,8-9,16,20-21H,3-7,10-15H2/t20-,21-/m0/s1. The highest BCUT2D eigenvalue weighted by Gasteiger charge is 2.47. The van der Waals surface area contributed by atoms with E-state index < -0.39 is 10.0 Å². The van der Waals surface area contributed by atoms with Crippen molar-refractivity contribution in [2.24, 2.45) is 11.8 Å². The fourth-order valence-corrected chi connectivity index (χ4v) is 6.96. The van der Waals surface area contributed by atoms with E-state index in [1.54, 1.807) is 17.0 Å². The van der Waals surface area contributed by atoms with Crippen LogP contribution >= 0.6 is 0 Å². The Balaban J connectivity index is 1.15. The lowest BCUT2D eigenvalue weighted by Crippen LogP contribution is -2.51. The van der Waals surface area contributed by atoms with Gasteiger partial charge in [0.25, 0.3) is 0 Å². The van der Waals surface area contributed by atoms with Gasteiger partial charge >= 0.3 is 0 Å². The van der Waals surface area contributed by atoms with E-state index in [1.165, 1.54) is 14.8 Å². The average Bonchev–Trinajstić information content (AvgIpc) is 3.40. The fourth-order valence-electron chi connectivity index (χ4n) is 5.49. The van der Waals surface area contributed by atoms with E-state index in [0.717, 1.165) is 24.8 Å². The Hall–Kier alpha value is -2.52. The third kappa shape index (κ3) is 4.01. The molecule has 0 spiro atoms. The molecule has 33 heavy (non-hydrogen) atoms. The number of imide groups is 1. The van der Waals surface area contributed by atoms with Crippen molar-refractivity contribution >= 4 is 27.7 Å². The Bertz CT molecular complexity index is 1090. The molecule has 0 saturated carbocycles. The first-order chi connectivity index (χ1) is 15.9. The monoisotopic (exact) mass is 471 g/mol. The van der Waals surface area contributed by atoms with Crippen molar-refractivity contribution in [3.05, 3.63) is 41.5 Å². The van der Waals surface area contributed by atoms with E-state index in [0.29, 0.717) is 30.8 Å². The second kappa shape index (κ2) is 8.68. The maximum Gasteiger partial charge on any atom is 0.243 e. The van der Waals surface area contributed by atoms with Crippen LogP contribution in [-0.2, 0) is 37.2 Å². The lowest BCUT2D eigenvalue weighted by atomic mass is 9.85. The van der Waals surface area contributed by atoms with Gasteiger partial charge in [0.1, 0.15) is 0 Å². The quantitative estimate of drug-likeness (QED) is 0.477. The number of carbonyl (C=O) groups excluding carboxylic acids is 3. The van der Waals surface area contributed by atoms with Crippen LogP contribution in [0.4, 0.5) is 0 Å². The van der Waals surface area contributed by atoms with Gasteiger partial charge in [-0.3, -0.25) is 19.3 Å². The van der Waals surface area contributed by atoms with E-state index in [4.69, 9.17) is 0 Å². The zero-order valence-electron chi connectivity index (χ0n) is 18.6. The molecule has 1 aromatic rings. The summed E-state index contributed by atoms with van der Waals surface area (Å²) in [5.41, 5.74) is 2.35. The lowest BCUT2D eigenvalue weighted by molar-refractivity contribution is -0.141. The number of carbonyl (C=O) groups is 3. The molecule has 0 bridgehead atoms. The van der Waals surface area contributed by atoms with Crippen molar-refractivity contribution in [2.45, 2.75) is 43.4 Å². The number of piperazine rings is 1. The second-order valence-electron chi connectivity index (χ2n) is 9.30. The molecule has 2 aliphatic carbocycles. The number of fused-ring (bicyclic) bond motifs is 2. The molecule has 0 N–H and O–H groups in total. The van der Waals surface area contributed by atoms with Gasteiger partial charge in [0, 0.05) is 39.1 Å². The number of allylic oxidation sites excluding steroid dienone is 2. The van der Waals surface area contributed by atoms with Gasteiger partial charge in [0.05, 0.1) is 16.7 Å². The van der Waals surface area contributed by atoms with E-state index in [9.17, 15) is 22.8 Å². The minimum Gasteiger partial charge on any atom is -0.340 e. The number of aryl methyl sites for hydroxylation is 2. The Morgan fingerprint density at radius 3 is 2.21 bits per heavy atom. The minimum absolute atomic E-state index is 0.0713. The molecule has 0 unspecified atom stereocenters.